The van der Waals surface area contributed by atoms with Crippen molar-refractivity contribution in [1.82, 2.24) is 4.72 Å². The summed E-state index contributed by atoms with van der Waals surface area (Å²) < 4.78 is 52.1. The highest BCUT2D eigenvalue weighted by Crippen LogP contribution is 2.21. The van der Waals surface area contributed by atoms with Crippen LogP contribution in [0.15, 0.2) is 23.1 Å². The topological polar surface area (TPSA) is 46.2 Å². The number of rotatable bonds is 3. The van der Waals surface area contributed by atoms with Gasteiger partial charge in [0.1, 0.15) is 0 Å². The van der Waals surface area contributed by atoms with Crippen LogP contribution in [0.25, 0.3) is 0 Å². The van der Waals surface area contributed by atoms with E-state index in [9.17, 15) is 17.2 Å². The Kier molecular flexibility index (Phi) is 4.12. The fraction of sp³-hybridized carbons (Fsp3) is 0.500. The molecule has 1 N–H and O–H groups in total. The number of hydrogen-bond donors (Lipinski definition) is 1. The molecule has 0 aliphatic carbocycles. The highest BCUT2D eigenvalue weighted by atomic mass is 32.2. The van der Waals surface area contributed by atoms with Crippen LogP contribution < -0.4 is 4.72 Å². The quantitative estimate of drug-likeness (QED) is 0.923. The minimum absolute atomic E-state index is 0.272. The van der Waals surface area contributed by atoms with Crippen LogP contribution in [-0.4, -0.2) is 14.5 Å². The molecule has 0 aromatic heterocycles. The Morgan fingerprint density at radius 2 is 1.72 bits per heavy atom. The van der Waals surface area contributed by atoms with Crippen molar-refractivity contribution < 1.29 is 17.2 Å². The first-order valence-corrected chi connectivity index (χ1v) is 7.00. The van der Waals surface area contributed by atoms with Gasteiger partial charge in [0, 0.05) is 6.04 Å². The Labute approximate surface area is 106 Å². The average Bonchev–Trinajstić information content (AvgIpc) is 2.19. The molecule has 0 bridgehead atoms. The first-order chi connectivity index (χ1) is 8.04. The molecule has 0 saturated carbocycles. The summed E-state index contributed by atoms with van der Waals surface area (Å²) in [7, 11) is -3.84. The highest BCUT2D eigenvalue weighted by molar-refractivity contribution is 7.89. The lowest BCUT2D eigenvalue weighted by atomic mass is 9.89. The normalized spacial score (nSPS) is 14.6. The number of nitrogens with one attached hydrogen (secondary N) is 1. The van der Waals surface area contributed by atoms with Crippen LogP contribution in [0.4, 0.5) is 8.78 Å². The van der Waals surface area contributed by atoms with Gasteiger partial charge in [0.05, 0.1) is 4.90 Å². The van der Waals surface area contributed by atoms with E-state index in [4.69, 9.17) is 0 Å². The van der Waals surface area contributed by atoms with E-state index in [0.29, 0.717) is 6.07 Å². The lowest BCUT2D eigenvalue weighted by Gasteiger charge is -2.27. The van der Waals surface area contributed by atoms with Crippen molar-refractivity contribution in [1.29, 1.82) is 0 Å². The Bertz CT molecular complexity index is 535. The molecule has 1 atom stereocenters. The van der Waals surface area contributed by atoms with E-state index >= 15 is 0 Å². The van der Waals surface area contributed by atoms with Crippen molar-refractivity contribution in [3.63, 3.8) is 0 Å². The molecule has 1 unspecified atom stereocenters. The van der Waals surface area contributed by atoms with Crippen LogP contribution in [0.3, 0.4) is 0 Å². The molecule has 1 rings (SSSR count). The van der Waals surface area contributed by atoms with Gasteiger partial charge in [-0.2, -0.15) is 0 Å². The zero-order chi connectivity index (χ0) is 14.1. The molecule has 1 aromatic rings. The van der Waals surface area contributed by atoms with E-state index in [0.717, 1.165) is 12.1 Å². The molecule has 0 radical (unpaired) electrons. The van der Waals surface area contributed by atoms with Crippen molar-refractivity contribution in [3.8, 4) is 0 Å². The van der Waals surface area contributed by atoms with Gasteiger partial charge in [0.2, 0.25) is 10.0 Å². The van der Waals surface area contributed by atoms with Gasteiger partial charge < -0.3 is 0 Å². The second kappa shape index (κ2) is 4.93. The average molecular weight is 277 g/mol. The van der Waals surface area contributed by atoms with E-state index in [1.165, 1.54) is 0 Å². The van der Waals surface area contributed by atoms with E-state index in [1.807, 2.05) is 20.8 Å². The summed E-state index contributed by atoms with van der Waals surface area (Å²) in [4.78, 5) is -0.280. The summed E-state index contributed by atoms with van der Waals surface area (Å²) in [6.45, 7) is 7.36. The first-order valence-electron chi connectivity index (χ1n) is 5.51. The van der Waals surface area contributed by atoms with Gasteiger partial charge in [-0.25, -0.2) is 21.9 Å². The zero-order valence-corrected chi connectivity index (χ0v) is 11.6. The SMILES string of the molecule is CC(NS(=O)(=O)c1ccc(F)c(F)c1)C(C)(C)C. The summed E-state index contributed by atoms with van der Waals surface area (Å²) in [6, 6.07) is 2.17. The summed E-state index contributed by atoms with van der Waals surface area (Å²) in [6.07, 6.45) is 0. The largest absolute Gasteiger partial charge is 0.240 e. The van der Waals surface area contributed by atoms with E-state index in [1.54, 1.807) is 6.92 Å². The van der Waals surface area contributed by atoms with Crippen molar-refractivity contribution in [2.45, 2.75) is 38.6 Å². The molecule has 1 aromatic carbocycles. The third-order valence-electron chi connectivity index (χ3n) is 2.83. The lowest BCUT2D eigenvalue weighted by Crippen LogP contribution is -2.41. The van der Waals surface area contributed by atoms with E-state index in [2.05, 4.69) is 4.72 Å². The summed E-state index contributed by atoms with van der Waals surface area (Å²) in [5.41, 5.74) is -0.272. The van der Waals surface area contributed by atoms with Crippen molar-refractivity contribution in [2.75, 3.05) is 0 Å². The van der Waals surface area contributed by atoms with Gasteiger partial charge in [-0.1, -0.05) is 20.8 Å². The van der Waals surface area contributed by atoms with Crippen molar-refractivity contribution in [3.05, 3.63) is 29.8 Å². The van der Waals surface area contributed by atoms with E-state index in [-0.39, 0.29) is 16.4 Å². The van der Waals surface area contributed by atoms with Gasteiger partial charge in [-0.15, -0.1) is 0 Å². The number of sulfonamides is 1. The molecule has 0 aliphatic rings. The number of hydrogen-bond acceptors (Lipinski definition) is 2. The standard InChI is InChI=1S/C12H17F2NO2S/c1-8(12(2,3)4)15-18(16,17)9-5-6-10(13)11(14)7-9/h5-8,15H,1-4H3. The van der Waals surface area contributed by atoms with Gasteiger partial charge in [0.25, 0.3) is 0 Å². The molecule has 0 aliphatic heterocycles. The number of benzene rings is 1. The molecule has 0 spiro atoms. The minimum atomic E-state index is -3.84. The van der Waals surface area contributed by atoms with Crippen LogP contribution in [0, 0.1) is 17.0 Å². The number of halogens is 2. The summed E-state index contributed by atoms with van der Waals surface area (Å²) >= 11 is 0. The molecular formula is C12H17F2NO2S. The Morgan fingerprint density at radius 1 is 1.17 bits per heavy atom. The molecule has 3 nitrogen and oxygen atoms in total. The predicted octanol–water partition coefficient (Wildman–Crippen LogP) is 2.68. The lowest BCUT2D eigenvalue weighted by molar-refractivity contribution is 0.317. The van der Waals surface area contributed by atoms with Crippen LogP contribution in [0.1, 0.15) is 27.7 Å². The third-order valence-corrected chi connectivity index (χ3v) is 4.37. The zero-order valence-electron chi connectivity index (χ0n) is 10.8. The fourth-order valence-corrected chi connectivity index (χ4v) is 2.58. The van der Waals surface area contributed by atoms with Gasteiger partial charge >= 0.3 is 0 Å². The van der Waals surface area contributed by atoms with Gasteiger partial charge in [-0.3, -0.25) is 0 Å². The smallest absolute Gasteiger partial charge is 0.208 e. The summed E-state index contributed by atoms with van der Waals surface area (Å²) in [5, 5.41) is 0. The second-order valence-corrected chi connectivity index (χ2v) is 7.00. The fourth-order valence-electron chi connectivity index (χ4n) is 1.12. The molecule has 0 heterocycles. The maximum atomic E-state index is 13.0. The monoisotopic (exact) mass is 277 g/mol. The Hall–Kier alpha value is -1.01. The van der Waals surface area contributed by atoms with Crippen LogP contribution in [0.5, 0.6) is 0 Å². The Morgan fingerprint density at radius 3 is 2.17 bits per heavy atom. The molecular weight excluding hydrogens is 260 g/mol. The molecule has 18 heavy (non-hydrogen) atoms. The molecule has 0 amide bonds. The van der Waals surface area contributed by atoms with Crippen LogP contribution >= 0.6 is 0 Å². The van der Waals surface area contributed by atoms with Gasteiger partial charge in [0.15, 0.2) is 11.6 Å². The second-order valence-electron chi connectivity index (χ2n) is 5.28. The molecule has 6 heteroatoms. The molecule has 0 saturated heterocycles. The van der Waals surface area contributed by atoms with E-state index < -0.39 is 21.7 Å². The van der Waals surface area contributed by atoms with Crippen LogP contribution in [-0.2, 0) is 10.0 Å². The van der Waals surface area contributed by atoms with Gasteiger partial charge in [-0.05, 0) is 30.5 Å². The third kappa shape index (κ3) is 3.49. The molecule has 102 valence electrons. The van der Waals surface area contributed by atoms with Crippen LogP contribution in [0.2, 0.25) is 0 Å². The summed E-state index contributed by atoms with van der Waals surface area (Å²) in [5.74, 6) is -2.25. The van der Waals surface area contributed by atoms with Crippen molar-refractivity contribution >= 4 is 10.0 Å². The maximum absolute atomic E-state index is 13.0. The molecule has 0 fully saturated rings. The Balaban J connectivity index is 3.04. The first kappa shape index (κ1) is 15.0. The maximum Gasteiger partial charge on any atom is 0.240 e. The van der Waals surface area contributed by atoms with Crippen molar-refractivity contribution in [2.24, 2.45) is 5.41 Å². The minimum Gasteiger partial charge on any atom is -0.208 e. The highest BCUT2D eigenvalue weighted by Gasteiger charge is 2.26. The predicted molar refractivity (Wildman–Crippen MR) is 65.6 cm³/mol.